The van der Waals surface area contributed by atoms with Gasteiger partial charge in [-0.15, -0.1) is 0 Å². The molecule has 2 aromatic carbocycles. The van der Waals surface area contributed by atoms with Crippen molar-refractivity contribution in [3.05, 3.63) is 70.3 Å². The van der Waals surface area contributed by atoms with E-state index in [0.29, 0.717) is 16.7 Å². The van der Waals surface area contributed by atoms with Crippen LogP contribution in [0.4, 0.5) is 8.78 Å². The highest BCUT2D eigenvalue weighted by Gasteiger charge is 2.11. The first-order chi connectivity index (χ1) is 10.0. The molecule has 0 saturated heterocycles. The molecule has 0 aliphatic carbocycles. The second-order valence-electron chi connectivity index (χ2n) is 4.77. The lowest BCUT2D eigenvalue weighted by Crippen LogP contribution is -2.24. The fourth-order valence-electron chi connectivity index (χ4n) is 1.97. The smallest absolute Gasteiger partial charge is 0.251 e. The molecule has 2 aromatic rings. The van der Waals surface area contributed by atoms with Gasteiger partial charge >= 0.3 is 0 Å². The average Bonchev–Trinajstić information content (AvgIpc) is 2.48. The van der Waals surface area contributed by atoms with E-state index in [1.807, 2.05) is 0 Å². The van der Waals surface area contributed by atoms with Crippen LogP contribution in [0.25, 0.3) is 0 Å². The number of hydrogen-bond donors (Lipinski definition) is 2. The Morgan fingerprint density at radius 1 is 1.19 bits per heavy atom. The highest BCUT2D eigenvalue weighted by molar-refractivity contribution is 5.95. The Morgan fingerprint density at radius 2 is 1.95 bits per heavy atom. The molecule has 21 heavy (non-hydrogen) atoms. The van der Waals surface area contributed by atoms with Crippen LogP contribution >= 0.6 is 0 Å². The van der Waals surface area contributed by atoms with Gasteiger partial charge in [-0.1, -0.05) is 18.2 Å². The fraction of sp³-hybridized carbons (Fsp3) is 0.188. The first-order valence-corrected chi connectivity index (χ1v) is 6.53. The van der Waals surface area contributed by atoms with Gasteiger partial charge in [-0.3, -0.25) is 4.79 Å². The van der Waals surface area contributed by atoms with Gasteiger partial charge in [-0.25, -0.2) is 8.78 Å². The molecule has 110 valence electrons. The van der Waals surface area contributed by atoms with Crippen LogP contribution in [0.5, 0.6) is 0 Å². The Morgan fingerprint density at radius 3 is 2.62 bits per heavy atom. The number of carbonyl (C=O) groups is 1. The minimum Gasteiger partial charge on any atom is -0.348 e. The van der Waals surface area contributed by atoms with Gasteiger partial charge < -0.3 is 11.1 Å². The van der Waals surface area contributed by atoms with Crippen molar-refractivity contribution in [2.24, 2.45) is 5.73 Å². The van der Waals surface area contributed by atoms with Crippen LogP contribution in [0.2, 0.25) is 0 Å². The van der Waals surface area contributed by atoms with Crippen molar-refractivity contribution in [1.29, 1.82) is 0 Å². The number of amides is 1. The maximum Gasteiger partial charge on any atom is 0.251 e. The lowest BCUT2D eigenvalue weighted by molar-refractivity contribution is 0.0949. The highest BCUT2D eigenvalue weighted by Crippen LogP contribution is 2.12. The van der Waals surface area contributed by atoms with Crippen LogP contribution in [-0.4, -0.2) is 5.91 Å². The summed E-state index contributed by atoms with van der Waals surface area (Å²) in [5.41, 5.74) is 7.37. The number of aryl methyl sites for hydroxylation is 1. The quantitative estimate of drug-likeness (QED) is 0.909. The van der Waals surface area contributed by atoms with E-state index in [4.69, 9.17) is 5.73 Å². The summed E-state index contributed by atoms with van der Waals surface area (Å²) in [5.74, 6) is -1.34. The third-order valence-corrected chi connectivity index (χ3v) is 3.24. The van der Waals surface area contributed by atoms with Gasteiger partial charge in [0.15, 0.2) is 0 Å². The maximum absolute atomic E-state index is 13.8. The molecule has 0 atom stereocenters. The molecule has 3 N–H and O–H groups in total. The Bertz CT molecular complexity index is 671. The minimum atomic E-state index is -0.482. The first kappa shape index (κ1) is 15.1. The summed E-state index contributed by atoms with van der Waals surface area (Å²) in [6, 6.07) is 8.61. The molecule has 0 unspecified atom stereocenters. The molecule has 5 heteroatoms. The topological polar surface area (TPSA) is 55.1 Å². The van der Waals surface area contributed by atoms with Crippen molar-refractivity contribution in [3.63, 3.8) is 0 Å². The molecule has 2 rings (SSSR count). The zero-order valence-electron chi connectivity index (χ0n) is 11.6. The van der Waals surface area contributed by atoms with Crippen LogP contribution in [-0.2, 0) is 13.1 Å². The van der Waals surface area contributed by atoms with Crippen LogP contribution in [0.1, 0.15) is 27.0 Å². The molecular formula is C16H16F2N2O. The Labute approximate surface area is 121 Å². The predicted octanol–water partition coefficient (Wildman–Crippen LogP) is 2.66. The van der Waals surface area contributed by atoms with E-state index in [1.54, 1.807) is 19.1 Å². The fourth-order valence-corrected chi connectivity index (χ4v) is 1.97. The standard InChI is InChI=1S/C16H16F2N2O/c1-10-2-5-13(17)7-14(10)16(21)20-9-12-4-3-11(8-19)6-15(12)18/h2-7H,8-9,19H2,1H3,(H,20,21). The molecule has 0 aliphatic heterocycles. The summed E-state index contributed by atoms with van der Waals surface area (Å²) in [6.07, 6.45) is 0. The molecule has 0 spiro atoms. The van der Waals surface area contributed by atoms with E-state index in [2.05, 4.69) is 5.32 Å². The van der Waals surface area contributed by atoms with Gasteiger partial charge in [0.25, 0.3) is 5.91 Å². The molecule has 0 saturated carbocycles. The number of rotatable bonds is 4. The SMILES string of the molecule is Cc1ccc(F)cc1C(=O)NCc1ccc(CN)cc1F. The van der Waals surface area contributed by atoms with Crippen molar-refractivity contribution in [3.8, 4) is 0 Å². The van der Waals surface area contributed by atoms with Gasteiger partial charge in [-0.2, -0.15) is 0 Å². The molecule has 0 radical (unpaired) electrons. The van der Waals surface area contributed by atoms with Gasteiger partial charge in [0.1, 0.15) is 11.6 Å². The Hall–Kier alpha value is -2.27. The molecule has 0 bridgehead atoms. The number of benzene rings is 2. The third kappa shape index (κ3) is 3.64. The van der Waals surface area contributed by atoms with Gasteiger partial charge in [-0.05, 0) is 36.2 Å². The molecule has 0 fully saturated rings. The molecule has 3 nitrogen and oxygen atoms in total. The van der Waals surface area contributed by atoms with Crippen LogP contribution < -0.4 is 11.1 Å². The predicted molar refractivity (Wildman–Crippen MR) is 76.6 cm³/mol. The summed E-state index contributed by atoms with van der Waals surface area (Å²) in [5, 5.41) is 2.58. The maximum atomic E-state index is 13.8. The molecule has 0 heterocycles. The van der Waals surface area contributed by atoms with E-state index in [1.165, 1.54) is 24.3 Å². The number of halogens is 2. The van der Waals surface area contributed by atoms with E-state index < -0.39 is 17.5 Å². The molecule has 0 aromatic heterocycles. The summed E-state index contributed by atoms with van der Waals surface area (Å²) in [4.78, 5) is 12.0. The minimum absolute atomic E-state index is 0.0332. The van der Waals surface area contributed by atoms with Crippen LogP contribution in [0, 0.1) is 18.6 Å². The normalized spacial score (nSPS) is 10.5. The van der Waals surface area contributed by atoms with Gasteiger partial charge in [0.2, 0.25) is 0 Å². The molecule has 0 aliphatic rings. The number of nitrogens with one attached hydrogen (secondary N) is 1. The zero-order chi connectivity index (χ0) is 15.4. The van der Waals surface area contributed by atoms with Crippen molar-refractivity contribution in [1.82, 2.24) is 5.32 Å². The van der Waals surface area contributed by atoms with Crippen molar-refractivity contribution < 1.29 is 13.6 Å². The van der Waals surface area contributed by atoms with Crippen LogP contribution in [0.3, 0.4) is 0 Å². The first-order valence-electron chi connectivity index (χ1n) is 6.53. The second-order valence-corrected chi connectivity index (χ2v) is 4.77. The van der Waals surface area contributed by atoms with Crippen molar-refractivity contribution >= 4 is 5.91 Å². The van der Waals surface area contributed by atoms with Gasteiger partial charge in [0, 0.05) is 24.2 Å². The Balaban J connectivity index is 2.09. The third-order valence-electron chi connectivity index (χ3n) is 3.24. The number of carbonyl (C=O) groups excluding carboxylic acids is 1. The van der Waals surface area contributed by atoms with Crippen molar-refractivity contribution in [2.45, 2.75) is 20.0 Å². The second kappa shape index (κ2) is 6.45. The van der Waals surface area contributed by atoms with E-state index in [0.717, 1.165) is 0 Å². The van der Waals surface area contributed by atoms with Crippen LogP contribution in [0.15, 0.2) is 36.4 Å². The largest absolute Gasteiger partial charge is 0.348 e. The lowest BCUT2D eigenvalue weighted by atomic mass is 10.1. The summed E-state index contributed by atoms with van der Waals surface area (Å²) < 4.78 is 26.9. The number of nitrogens with two attached hydrogens (primary N) is 1. The highest BCUT2D eigenvalue weighted by atomic mass is 19.1. The van der Waals surface area contributed by atoms with Crippen molar-refractivity contribution in [2.75, 3.05) is 0 Å². The summed E-state index contributed by atoms with van der Waals surface area (Å²) >= 11 is 0. The molecular weight excluding hydrogens is 274 g/mol. The zero-order valence-corrected chi connectivity index (χ0v) is 11.6. The summed E-state index contributed by atoms with van der Waals surface area (Å²) in [6.45, 7) is 2.00. The lowest BCUT2D eigenvalue weighted by Gasteiger charge is -2.09. The summed E-state index contributed by atoms with van der Waals surface area (Å²) in [7, 11) is 0. The average molecular weight is 290 g/mol. The Kier molecular flexibility index (Phi) is 4.65. The van der Waals surface area contributed by atoms with E-state index in [-0.39, 0.29) is 18.7 Å². The van der Waals surface area contributed by atoms with E-state index >= 15 is 0 Å². The number of hydrogen-bond acceptors (Lipinski definition) is 2. The van der Waals surface area contributed by atoms with Gasteiger partial charge in [0.05, 0.1) is 0 Å². The monoisotopic (exact) mass is 290 g/mol. The molecule has 1 amide bonds. The van der Waals surface area contributed by atoms with E-state index in [9.17, 15) is 13.6 Å².